The Labute approximate surface area is 124 Å². The summed E-state index contributed by atoms with van der Waals surface area (Å²) in [6, 6.07) is 10.2. The number of hydrogen-bond donors (Lipinski definition) is 1. The van der Waals surface area contributed by atoms with Crippen molar-refractivity contribution in [2.75, 3.05) is 7.11 Å². The Kier molecular flexibility index (Phi) is 3.39. The Morgan fingerprint density at radius 2 is 2.00 bits per heavy atom. The fourth-order valence-electron chi connectivity index (χ4n) is 2.64. The van der Waals surface area contributed by atoms with Gasteiger partial charge in [-0.15, -0.1) is 0 Å². The Hall–Kier alpha value is -2.33. The number of imidazole rings is 1. The van der Waals surface area contributed by atoms with Crippen LogP contribution in [0, 0.1) is 13.8 Å². The van der Waals surface area contributed by atoms with E-state index in [1.54, 1.807) is 7.11 Å². The van der Waals surface area contributed by atoms with Gasteiger partial charge >= 0.3 is 0 Å². The molecule has 0 fully saturated rings. The lowest BCUT2D eigenvalue weighted by Gasteiger charge is -2.06. The fourth-order valence-corrected chi connectivity index (χ4v) is 2.64. The number of nitrogens with zero attached hydrogens (tertiary/aromatic N) is 2. The molecule has 0 aliphatic rings. The summed E-state index contributed by atoms with van der Waals surface area (Å²) in [7, 11) is 1.69. The van der Waals surface area contributed by atoms with Crippen LogP contribution in [-0.4, -0.2) is 16.5 Å². The van der Waals surface area contributed by atoms with Crippen LogP contribution in [0.3, 0.4) is 0 Å². The van der Waals surface area contributed by atoms with Crippen LogP contribution in [0.1, 0.15) is 16.8 Å². The van der Waals surface area contributed by atoms with E-state index in [2.05, 4.69) is 17.4 Å². The van der Waals surface area contributed by atoms with Gasteiger partial charge in [0.2, 0.25) is 0 Å². The van der Waals surface area contributed by atoms with Gasteiger partial charge in [0.15, 0.2) is 0 Å². The molecule has 0 aliphatic carbocycles. The monoisotopic (exact) mass is 281 g/mol. The summed E-state index contributed by atoms with van der Waals surface area (Å²) in [5.74, 6) is 0.894. The number of fused-ring (bicyclic) bond motifs is 1. The van der Waals surface area contributed by atoms with Crippen molar-refractivity contribution in [3.63, 3.8) is 0 Å². The highest BCUT2D eigenvalue weighted by molar-refractivity contribution is 5.68. The second-order valence-electron chi connectivity index (χ2n) is 5.20. The number of nitrogens with two attached hydrogens (primary N) is 1. The van der Waals surface area contributed by atoms with E-state index in [0.717, 1.165) is 39.5 Å². The Morgan fingerprint density at radius 3 is 2.67 bits per heavy atom. The summed E-state index contributed by atoms with van der Waals surface area (Å²) < 4.78 is 7.41. The maximum atomic E-state index is 5.70. The van der Waals surface area contributed by atoms with Crippen LogP contribution in [-0.2, 0) is 6.54 Å². The average Bonchev–Trinajstić information content (AvgIpc) is 2.83. The molecule has 0 amide bonds. The molecule has 0 unspecified atom stereocenters. The molecule has 4 nitrogen and oxygen atoms in total. The Morgan fingerprint density at radius 1 is 1.19 bits per heavy atom. The highest BCUT2D eigenvalue weighted by Gasteiger charge is 2.12. The number of ether oxygens (including phenoxy) is 1. The molecule has 0 bridgehead atoms. The first kappa shape index (κ1) is 13.6. The molecule has 0 saturated heterocycles. The van der Waals surface area contributed by atoms with Gasteiger partial charge < -0.3 is 14.9 Å². The van der Waals surface area contributed by atoms with E-state index in [4.69, 9.17) is 15.5 Å². The lowest BCUT2D eigenvalue weighted by Crippen LogP contribution is -1.97. The number of rotatable bonds is 3. The third-order valence-corrected chi connectivity index (χ3v) is 3.83. The quantitative estimate of drug-likeness (QED) is 0.802. The minimum absolute atomic E-state index is 0.527. The standard InChI is InChI=1S/C17H19N3O/c1-11-8-14(4-5-15(11)21-3)17-12(2)20-7-6-13(10-18)9-16(20)19-17/h4-9H,10,18H2,1-3H3. The van der Waals surface area contributed by atoms with Gasteiger partial charge in [-0.2, -0.15) is 0 Å². The first-order valence-electron chi connectivity index (χ1n) is 6.96. The number of aryl methyl sites for hydroxylation is 2. The van der Waals surface area contributed by atoms with E-state index in [1.807, 2.05) is 37.4 Å². The van der Waals surface area contributed by atoms with Crippen molar-refractivity contribution < 1.29 is 4.74 Å². The topological polar surface area (TPSA) is 52.5 Å². The third-order valence-electron chi connectivity index (χ3n) is 3.83. The summed E-state index contributed by atoms with van der Waals surface area (Å²) in [6.07, 6.45) is 2.03. The Bertz CT molecular complexity index is 805. The minimum atomic E-state index is 0.527. The van der Waals surface area contributed by atoms with Gasteiger partial charge in [0.25, 0.3) is 0 Å². The van der Waals surface area contributed by atoms with E-state index in [-0.39, 0.29) is 0 Å². The van der Waals surface area contributed by atoms with Crippen molar-refractivity contribution in [1.29, 1.82) is 0 Å². The second kappa shape index (κ2) is 5.22. The largest absolute Gasteiger partial charge is 0.496 e. The molecule has 3 aromatic rings. The van der Waals surface area contributed by atoms with E-state index in [9.17, 15) is 0 Å². The van der Waals surface area contributed by atoms with Gasteiger partial charge in [0.1, 0.15) is 11.4 Å². The van der Waals surface area contributed by atoms with Crippen molar-refractivity contribution in [1.82, 2.24) is 9.38 Å². The summed E-state index contributed by atoms with van der Waals surface area (Å²) in [6.45, 7) is 4.65. The SMILES string of the molecule is COc1ccc(-c2nc3cc(CN)ccn3c2C)cc1C. The summed E-state index contributed by atoms with van der Waals surface area (Å²) in [5.41, 5.74) is 12.0. The molecule has 0 radical (unpaired) electrons. The maximum absolute atomic E-state index is 5.70. The van der Waals surface area contributed by atoms with Gasteiger partial charge in [0.05, 0.1) is 12.8 Å². The van der Waals surface area contributed by atoms with Crippen LogP contribution in [0.25, 0.3) is 16.9 Å². The second-order valence-corrected chi connectivity index (χ2v) is 5.20. The van der Waals surface area contributed by atoms with Crippen molar-refractivity contribution in [3.8, 4) is 17.0 Å². The lowest BCUT2D eigenvalue weighted by atomic mass is 10.1. The molecule has 0 saturated carbocycles. The lowest BCUT2D eigenvalue weighted by molar-refractivity contribution is 0.412. The van der Waals surface area contributed by atoms with Crippen LogP contribution >= 0.6 is 0 Å². The number of hydrogen-bond acceptors (Lipinski definition) is 3. The molecule has 0 atom stereocenters. The van der Waals surface area contributed by atoms with Crippen molar-refractivity contribution in [2.24, 2.45) is 5.73 Å². The van der Waals surface area contributed by atoms with Crippen LogP contribution in [0.15, 0.2) is 36.5 Å². The van der Waals surface area contributed by atoms with Gasteiger partial charge in [-0.1, -0.05) is 0 Å². The minimum Gasteiger partial charge on any atom is -0.496 e. The molecule has 21 heavy (non-hydrogen) atoms. The molecule has 2 heterocycles. The van der Waals surface area contributed by atoms with Gasteiger partial charge in [-0.3, -0.25) is 0 Å². The van der Waals surface area contributed by atoms with E-state index >= 15 is 0 Å². The molecule has 2 aromatic heterocycles. The van der Waals surface area contributed by atoms with Gasteiger partial charge in [-0.05, 0) is 55.3 Å². The maximum Gasteiger partial charge on any atom is 0.137 e. The molecule has 1 aromatic carbocycles. The highest BCUT2D eigenvalue weighted by Crippen LogP contribution is 2.28. The van der Waals surface area contributed by atoms with E-state index in [1.165, 1.54) is 0 Å². The first-order chi connectivity index (χ1) is 10.1. The molecular weight excluding hydrogens is 262 g/mol. The Balaban J connectivity index is 2.16. The van der Waals surface area contributed by atoms with Crippen LogP contribution in [0.2, 0.25) is 0 Å². The van der Waals surface area contributed by atoms with Crippen LogP contribution in [0.4, 0.5) is 0 Å². The molecular formula is C17H19N3O. The highest BCUT2D eigenvalue weighted by atomic mass is 16.5. The zero-order valence-corrected chi connectivity index (χ0v) is 12.6. The molecule has 0 aliphatic heterocycles. The van der Waals surface area contributed by atoms with Crippen LogP contribution < -0.4 is 10.5 Å². The van der Waals surface area contributed by atoms with Gasteiger partial charge in [0, 0.05) is 24.0 Å². The smallest absolute Gasteiger partial charge is 0.137 e. The molecule has 0 spiro atoms. The zero-order valence-electron chi connectivity index (χ0n) is 12.6. The number of methoxy groups -OCH3 is 1. The van der Waals surface area contributed by atoms with E-state index < -0.39 is 0 Å². The number of aromatic nitrogens is 2. The number of pyridine rings is 1. The summed E-state index contributed by atoms with van der Waals surface area (Å²) in [4.78, 5) is 4.75. The van der Waals surface area contributed by atoms with Gasteiger partial charge in [-0.25, -0.2) is 4.98 Å². The van der Waals surface area contributed by atoms with Crippen molar-refractivity contribution in [3.05, 3.63) is 53.3 Å². The fraction of sp³-hybridized carbons (Fsp3) is 0.235. The summed E-state index contributed by atoms with van der Waals surface area (Å²) in [5, 5.41) is 0. The predicted molar refractivity (Wildman–Crippen MR) is 84.5 cm³/mol. The zero-order chi connectivity index (χ0) is 15.0. The van der Waals surface area contributed by atoms with Crippen molar-refractivity contribution in [2.45, 2.75) is 20.4 Å². The molecule has 4 heteroatoms. The molecule has 3 rings (SSSR count). The van der Waals surface area contributed by atoms with E-state index in [0.29, 0.717) is 6.54 Å². The third kappa shape index (κ3) is 2.28. The molecule has 108 valence electrons. The normalized spacial score (nSPS) is 11.0. The average molecular weight is 281 g/mol. The first-order valence-corrected chi connectivity index (χ1v) is 6.96. The summed E-state index contributed by atoms with van der Waals surface area (Å²) >= 11 is 0. The predicted octanol–water partition coefficient (Wildman–Crippen LogP) is 3.09. The van der Waals surface area contributed by atoms with Crippen LogP contribution in [0.5, 0.6) is 5.75 Å². The number of benzene rings is 1. The molecule has 2 N–H and O–H groups in total. The van der Waals surface area contributed by atoms with Crippen molar-refractivity contribution >= 4 is 5.65 Å².